The number of aromatic nitrogens is 3. The predicted octanol–water partition coefficient (Wildman–Crippen LogP) is -2.00. The number of nitrogen functional groups attached to an aromatic ring is 1. The summed E-state index contributed by atoms with van der Waals surface area (Å²) in [6, 6.07) is 7.12. The lowest BCUT2D eigenvalue weighted by Crippen LogP contribution is -2.40. The van der Waals surface area contributed by atoms with Gasteiger partial charge in [-0.15, -0.1) is 10.2 Å². The number of aliphatic hydroxyl groups is 4. The molecule has 1 aromatic heterocycles. The Bertz CT molecular complexity index is 914. The summed E-state index contributed by atoms with van der Waals surface area (Å²) in [4.78, 5) is 12.3. The van der Waals surface area contributed by atoms with Crippen molar-refractivity contribution in [2.75, 3.05) is 25.0 Å². The Morgan fingerprint density at radius 1 is 1.24 bits per heavy atom. The van der Waals surface area contributed by atoms with Gasteiger partial charge in [0.15, 0.2) is 5.69 Å². The third-order valence-corrected chi connectivity index (χ3v) is 3.79. The second kappa shape index (κ2) is 10.3. The largest absolute Gasteiger partial charge is 0.497 e. The molecule has 0 unspecified atom stereocenters. The molecule has 0 fully saturated rings. The normalized spacial score (nSPS) is 14.8. The Hall–Kier alpha value is -3.32. The zero-order valence-corrected chi connectivity index (χ0v) is 15.5. The van der Waals surface area contributed by atoms with E-state index in [0.29, 0.717) is 10.4 Å². The molecule has 29 heavy (non-hydrogen) atoms. The summed E-state index contributed by atoms with van der Waals surface area (Å²) < 4.78 is 5.74. The SMILES string of the molecule is COc1ccc(/C=C/c2nnc(N/N=C/[C@H](O)[C@@H](O)[C@@H](O)CO)n(N)c2=O)cc1. The third kappa shape index (κ3) is 5.83. The van der Waals surface area contributed by atoms with Crippen molar-refractivity contribution in [2.45, 2.75) is 18.3 Å². The van der Waals surface area contributed by atoms with Crippen molar-refractivity contribution in [3.8, 4) is 5.75 Å². The summed E-state index contributed by atoms with van der Waals surface area (Å²) >= 11 is 0. The molecule has 3 atom stereocenters. The lowest BCUT2D eigenvalue weighted by atomic mass is 10.1. The summed E-state index contributed by atoms with van der Waals surface area (Å²) in [5.74, 6) is 6.14. The van der Waals surface area contributed by atoms with Crippen LogP contribution in [-0.2, 0) is 0 Å². The molecule has 0 spiro atoms. The summed E-state index contributed by atoms with van der Waals surface area (Å²) in [6.45, 7) is -0.737. The van der Waals surface area contributed by atoms with Gasteiger partial charge in [0.1, 0.15) is 24.1 Å². The summed E-state index contributed by atoms with van der Waals surface area (Å²) in [5, 5.41) is 48.1. The van der Waals surface area contributed by atoms with Gasteiger partial charge in [0.05, 0.1) is 19.9 Å². The van der Waals surface area contributed by atoms with Gasteiger partial charge < -0.3 is 31.0 Å². The lowest BCUT2D eigenvalue weighted by molar-refractivity contribution is -0.0541. The zero-order chi connectivity index (χ0) is 21.4. The number of rotatable bonds is 9. The molecule has 0 saturated heterocycles. The van der Waals surface area contributed by atoms with Gasteiger partial charge in [-0.05, 0) is 23.8 Å². The third-order valence-electron chi connectivity index (χ3n) is 3.79. The number of ether oxygens (including phenoxy) is 1. The summed E-state index contributed by atoms with van der Waals surface area (Å²) in [7, 11) is 1.56. The molecule has 0 bridgehead atoms. The number of anilines is 1. The molecule has 2 rings (SSSR count). The number of aliphatic hydroxyl groups excluding tert-OH is 4. The molecule has 1 heterocycles. The maximum Gasteiger partial charge on any atom is 0.299 e. The van der Waals surface area contributed by atoms with Crippen LogP contribution >= 0.6 is 0 Å². The summed E-state index contributed by atoms with van der Waals surface area (Å²) in [6.07, 6.45) is -0.831. The van der Waals surface area contributed by atoms with E-state index in [1.54, 1.807) is 37.5 Å². The fraction of sp³-hybridized carbons (Fsp3) is 0.294. The molecule has 0 aliphatic heterocycles. The van der Waals surface area contributed by atoms with Gasteiger partial charge in [-0.1, -0.05) is 18.2 Å². The number of nitrogens with one attached hydrogen (secondary N) is 1. The van der Waals surface area contributed by atoms with Crippen molar-refractivity contribution in [3.05, 3.63) is 45.9 Å². The van der Waals surface area contributed by atoms with Crippen molar-refractivity contribution in [2.24, 2.45) is 5.10 Å². The van der Waals surface area contributed by atoms with Gasteiger partial charge in [-0.3, -0.25) is 4.79 Å². The van der Waals surface area contributed by atoms with Crippen molar-refractivity contribution >= 4 is 24.3 Å². The predicted molar refractivity (Wildman–Crippen MR) is 106 cm³/mol. The van der Waals surface area contributed by atoms with Crippen LogP contribution in [0.3, 0.4) is 0 Å². The first-order chi connectivity index (χ1) is 13.9. The number of benzene rings is 1. The highest BCUT2D eigenvalue weighted by Gasteiger charge is 2.22. The maximum atomic E-state index is 12.3. The molecule has 12 nitrogen and oxygen atoms in total. The van der Waals surface area contributed by atoms with Crippen LogP contribution in [0.5, 0.6) is 5.75 Å². The van der Waals surface area contributed by atoms with Crippen LogP contribution in [0.15, 0.2) is 34.2 Å². The lowest BCUT2D eigenvalue weighted by Gasteiger charge is -2.18. The molecule has 7 N–H and O–H groups in total. The van der Waals surface area contributed by atoms with Gasteiger partial charge in [0, 0.05) is 0 Å². The number of hydrogen-bond donors (Lipinski definition) is 6. The van der Waals surface area contributed by atoms with E-state index in [1.807, 2.05) is 0 Å². The minimum absolute atomic E-state index is 0.0145. The van der Waals surface area contributed by atoms with Crippen LogP contribution in [0.1, 0.15) is 11.3 Å². The molecule has 0 aliphatic carbocycles. The molecule has 0 radical (unpaired) electrons. The minimum Gasteiger partial charge on any atom is -0.497 e. The van der Waals surface area contributed by atoms with Crippen LogP contribution in [-0.4, -0.2) is 73.5 Å². The second-order valence-electron chi connectivity index (χ2n) is 5.81. The van der Waals surface area contributed by atoms with Gasteiger partial charge in [-0.25, -0.2) is 5.43 Å². The number of nitrogens with zero attached hydrogens (tertiary/aromatic N) is 4. The average molecular weight is 406 g/mol. The molecule has 0 saturated carbocycles. The highest BCUT2D eigenvalue weighted by molar-refractivity contribution is 5.68. The van der Waals surface area contributed by atoms with Gasteiger partial charge in [0.25, 0.3) is 11.5 Å². The fourth-order valence-corrected chi connectivity index (χ4v) is 2.08. The smallest absolute Gasteiger partial charge is 0.299 e. The molecule has 0 aliphatic rings. The van der Waals surface area contributed by atoms with E-state index in [2.05, 4.69) is 20.7 Å². The topological polar surface area (TPSA) is 188 Å². The second-order valence-corrected chi connectivity index (χ2v) is 5.81. The van der Waals surface area contributed by atoms with E-state index in [4.69, 9.17) is 15.7 Å². The quantitative estimate of drug-likeness (QED) is 0.154. The standard InChI is InChI=1S/C17H22N6O6/c1-29-11-5-2-10(3-6-11)4-7-12-16(28)23(18)17(22-20-12)21-19-8-13(25)15(27)14(26)9-24/h2-8,13-15,24-27H,9,18H2,1H3,(H,21,22)/b7-4+,19-8+/t13-,14-,15+/m0/s1. The van der Waals surface area contributed by atoms with E-state index in [1.165, 1.54) is 6.08 Å². The summed E-state index contributed by atoms with van der Waals surface area (Å²) in [5.41, 5.74) is 2.43. The molecule has 1 aromatic carbocycles. The number of hydrazone groups is 1. The van der Waals surface area contributed by atoms with Crippen molar-refractivity contribution in [3.63, 3.8) is 0 Å². The minimum atomic E-state index is -1.65. The van der Waals surface area contributed by atoms with Crippen molar-refractivity contribution < 1.29 is 25.2 Å². The first-order valence-electron chi connectivity index (χ1n) is 8.38. The average Bonchev–Trinajstić information content (AvgIpc) is 2.75. The number of hydrogen-bond acceptors (Lipinski definition) is 11. The molecule has 12 heteroatoms. The number of methoxy groups -OCH3 is 1. The van der Waals surface area contributed by atoms with Gasteiger partial charge >= 0.3 is 0 Å². The maximum absolute atomic E-state index is 12.3. The molecular formula is C17H22N6O6. The van der Waals surface area contributed by atoms with E-state index in [0.717, 1.165) is 11.8 Å². The fourth-order valence-electron chi connectivity index (χ4n) is 2.08. The van der Waals surface area contributed by atoms with Crippen molar-refractivity contribution in [1.29, 1.82) is 0 Å². The zero-order valence-electron chi connectivity index (χ0n) is 15.5. The van der Waals surface area contributed by atoms with Crippen LogP contribution in [0, 0.1) is 0 Å². The molecule has 0 amide bonds. The van der Waals surface area contributed by atoms with Crippen molar-refractivity contribution in [1.82, 2.24) is 14.9 Å². The molecule has 156 valence electrons. The Kier molecular flexibility index (Phi) is 7.79. The van der Waals surface area contributed by atoms with Gasteiger partial charge in [-0.2, -0.15) is 9.78 Å². The monoisotopic (exact) mass is 406 g/mol. The van der Waals surface area contributed by atoms with E-state index in [-0.39, 0.29) is 11.6 Å². The Balaban J connectivity index is 2.07. The number of nitrogens with two attached hydrogens (primary N) is 1. The first kappa shape index (κ1) is 22.0. The van der Waals surface area contributed by atoms with Crippen LogP contribution in [0.2, 0.25) is 0 Å². The van der Waals surface area contributed by atoms with E-state index in [9.17, 15) is 20.1 Å². The Labute approximate surface area is 165 Å². The first-order valence-corrected chi connectivity index (χ1v) is 8.38. The van der Waals surface area contributed by atoms with Crippen LogP contribution in [0.25, 0.3) is 12.2 Å². The molecule has 2 aromatic rings. The Morgan fingerprint density at radius 3 is 2.55 bits per heavy atom. The highest BCUT2D eigenvalue weighted by Crippen LogP contribution is 2.13. The van der Waals surface area contributed by atoms with E-state index < -0.39 is 30.5 Å². The van der Waals surface area contributed by atoms with Gasteiger partial charge in [0.2, 0.25) is 0 Å². The van der Waals surface area contributed by atoms with Crippen LogP contribution in [0.4, 0.5) is 5.95 Å². The van der Waals surface area contributed by atoms with E-state index >= 15 is 0 Å². The Morgan fingerprint density at radius 2 is 1.93 bits per heavy atom. The highest BCUT2D eigenvalue weighted by atomic mass is 16.5. The van der Waals surface area contributed by atoms with Crippen LogP contribution < -0.4 is 21.6 Å². The molecular weight excluding hydrogens is 384 g/mol.